The van der Waals surface area contributed by atoms with Crippen LogP contribution in [-0.4, -0.2) is 18.4 Å². The van der Waals surface area contributed by atoms with Gasteiger partial charge in [0.2, 0.25) is 0 Å². The van der Waals surface area contributed by atoms with E-state index >= 15 is 0 Å². The van der Waals surface area contributed by atoms with Crippen LogP contribution in [0.4, 0.5) is 10.1 Å². The first-order valence-electron chi connectivity index (χ1n) is 8.71. The molecule has 4 nitrogen and oxygen atoms in total. The maximum Gasteiger partial charge on any atom is 0.255 e. The normalized spacial score (nSPS) is 10.4. The van der Waals surface area contributed by atoms with Crippen molar-refractivity contribution in [1.82, 2.24) is 5.32 Å². The van der Waals surface area contributed by atoms with Crippen LogP contribution in [0.1, 0.15) is 26.3 Å². The molecule has 0 saturated heterocycles. The zero-order chi connectivity index (χ0) is 19.9. The molecule has 0 aliphatic carbocycles. The molecule has 0 spiro atoms. The van der Waals surface area contributed by atoms with E-state index in [0.717, 1.165) is 5.56 Å². The van der Waals surface area contributed by atoms with Crippen molar-refractivity contribution in [2.24, 2.45) is 0 Å². The van der Waals surface area contributed by atoms with Crippen molar-refractivity contribution in [3.63, 3.8) is 0 Å². The fourth-order valence-corrected chi connectivity index (χ4v) is 2.82. The van der Waals surface area contributed by atoms with Crippen molar-refractivity contribution in [3.05, 3.63) is 100 Å². The molecular formula is C22H18ClFN2O2. The molecule has 0 fully saturated rings. The van der Waals surface area contributed by atoms with Crippen LogP contribution in [0.25, 0.3) is 0 Å². The van der Waals surface area contributed by atoms with Crippen LogP contribution in [0.15, 0.2) is 72.8 Å². The average Bonchev–Trinajstić information content (AvgIpc) is 2.71. The topological polar surface area (TPSA) is 58.2 Å². The van der Waals surface area contributed by atoms with Gasteiger partial charge in [0.25, 0.3) is 11.8 Å². The molecule has 0 atom stereocenters. The van der Waals surface area contributed by atoms with E-state index in [2.05, 4.69) is 10.6 Å². The fraction of sp³-hybridized carbons (Fsp3) is 0.0909. The summed E-state index contributed by atoms with van der Waals surface area (Å²) in [5.74, 6) is -0.928. The predicted molar refractivity (Wildman–Crippen MR) is 108 cm³/mol. The summed E-state index contributed by atoms with van der Waals surface area (Å²) in [7, 11) is 0. The summed E-state index contributed by atoms with van der Waals surface area (Å²) in [6.07, 6.45) is 0.582. The molecule has 0 saturated carbocycles. The molecule has 3 aromatic carbocycles. The van der Waals surface area contributed by atoms with Crippen molar-refractivity contribution >= 4 is 29.1 Å². The zero-order valence-electron chi connectivity index (χ0n) is 14.9. The average molecular weight is 397 g/mol. The van der Waals surface area contributed by atoms with Gasteiger partial charge in [-0.05, 0) is 54.4 Å². The number of benzene rings is 3. The van der Waals surface area contributed by atoms with Gasteiger partial charge in [0.05, 0.1) is 10.7 Å². The van der Waals surface area contributed by atoms with Gasteiger partial charge in [-0.2, -0.15) is 0 Å². The molecule has 0 aromatic heterocycles. The molecule has 142 valence electrons. The SMILES string of the molecule is O=C(NCCc1ccc(F)cc1)c1cccc(C(=O)Nc2ccccc2Cl)c1. The first-order valence-corrected chi connectivity index (χ1v) is 9.09. The molecule has 3 rings (SSSR count). The van der Waals surface area contributed by atoms with Crippen molar-refractivity contribution in [2.75, 3.05) is 11.9 Å². The van der Waals surface area contributed by atoms with E-state index < -0.39 is 0 Å². The van der Waals surface area contributed by atoms with Crippen molar-refractivity contribution in [1.29, 1.82) is 0 Å². The third-order valence-corrected chi connectivity index (χ3v) is 4.45. The molecule has 2 amide bonds. The number of rotatable bonds is 6. The third-order valence-electron chi connectivity index (χ3n) is 4.12. The maximum atomic E-state index is 12.9. The van der Waals surface area contributed by atoms with E-state index in [1.807, 2.05) is 0 Å². The van der Waals surface area contributed by atoms with E-state index in [9.17, 15) is 14.0 Å². The summed E-state index contributed by atoms with van der Waals surface area (Å²) in [5, 5.41) is 5.97. The zero-order valence-corrected chi connectivity index (χ0v) is 15.7. The Morgan fingerprint density at radius 2 is 1.54 bits per heavy atom. The monoisotopic (exact) mass is 396 g/mol. The quantitative estimate of drug-likeness (QED) is 0.634. The number of anilines is 1. The largest absolute Gasteiger partial charge is 0.352 e. The first kappa shape index (κ1) is 19.6. The van der Waals surface area contributed by atoms with Gasteiger partial charge in [-0.25, -0.2) is 4.39 Å². The van der Waals surface area contributed by atoms with E-state index in [0.29, 0.717) is 34.8 Å². The van der Waals surface area contributed by atoms with Crippen LogP contribution in [-0.2, 0) is 6.42 Å². The van der Waals surface area contributed by atoms with Crippen LogP contribution in [0.5, 0.6) is 0 Å². The molecule has 6 heteroatoms. The molecular weight excluding hydrogens is 379 g/mol. The number of amides is 2. The van der Waals surface area contributed by atoms with Crippen LogP contribution < -0.4 is 10.6 Å². The lowest BCUT2D eigenvalue weighted by Crippen LogP contribution is -2.26. The summed E-state index contributed by atoms with van der Waals surface area (Å²) in [6, 6.07) is 19.5. The lowest BCUT2D eigenvalue weighted by atomic mass is 10.1. The van der Waals surface area contributed by atoms with Gasteiger partial charge in [-0.1, -0.05) is 41.9 Å². The Morgan fingerprint density at radius 3 is 2.25 bits per heavy atom. The molecule has 0 aliphatic heterocycles. The van der Waals surface area contributed by atoms with Crippen LogP contribution in [0.3, 0.4) is 0 Å². The molecule has 0 radical (unpaired) electrons. The lowest BCUT2D eigenvalue weighted by molar-refractivity contribution is 0.0954. The minimum atomic E-state index is -0.353. The van der Waals surface area contributed by atoms with Gasteiger partial charge in [-0.15, -0.1) is 0 Å². The lowest BCUT2D eigenvalue weighted by Gasteiger charge is -2.09. The van der Waals surface area contributed by atoms with E-state index in [4.69, 9.17) is 11.6 Å². The van der Waals surface area contributed by atoms with Gasteiger partial charge in [0.15, 0.2) is 0 Å². The number of para-hydroxylation sites is 1. The number of carbonyl (C=O) groups excluding carboxylic acids is 2. The van der Waals surface area contributed by atoms with E-state index in [1.165, 1.54) is 18.2 Å². The van der Waals surface area contributed by atoms with Crippen LogP contribution in [0.2, 0.25) is 5.02 Å². The summed E-state index contributed by atoms with van der Waals surface area (Å²) >= 11 is 6.05. The Balaban J connectivity index is 1.60. The molecule has 0 bridgehead atoms. The third kappa shape index (κ3) is 5.18. The number of hydrogen-bond acceptors (Lipinski definition) is 2. The Kier molecular flexibility index (Phi) is 6.40. The summed E-state index contributed by atoms with van der Waals surface area (Å²) in [5.41, 5.74) is 2.16. The number of hydrogen-bond donors (Lipinski definition) is 2. The second kappa shape index (κ2) is 9.15. The van der Waals surface area contributed by atoms with Gasteiger partial charge in [-0.3, -0.25) is 9.59 Å². The summed E-state index contributed by atoms with van der Waals surface area (Å²) < 4.78 is 12.9. The second-order valence-electron chi connectivity index (χ2n) is 6.15. The summed E-state index contributed by atoms with van der Waals surface area (Å²) in [4.78, 5) is 24.8. The second-order valence-corrected chi connectivity index (χ2v) is 6.55. The standard InChI is InChI=1S/C22H18ClFN2O2/c23-19-6-1-2-7-20(19)26-22(28)17-5-3-4-16(14-17)21(27)25-13-12-15-8-10-18(24)11-9-15/h1-11,14H,12-13H2,(H,25,27)(H,26,28). The van der Waals surface area contributed by atoms with E-state index in [-0.39, 0.29) is 17.6 Å². The molecule has 3 aromatic rings. The van der Waals surface area contributed by atoms with Crippen LogP contribution >= 0.6 is 11.6 Å². The van der Waals surface area contributed by atoms with Gasteiger partial charge in [0, 0.05) is 17.7 Å². The van der Waals surface area contributed by atoms with Crippen LogP contribution in [0, 0.1) is 5.82 Å². The highest BCUT2D eigenvalue weighted by atomic mass is 35.5. The Labute approximate surface area is 167 Å². The predicted octanol–water partition coefficient (Wildman–Crippen LogP) is 4.70. The Morgan fingerprint density at radius 1 is 0.857 bits per heavy atom. The number of halogens is 2. The van der Waals surface area contributed by atoms with Gasteiger partial charge in [0.1, 0.15) is 5.82 Å². The maximum absolute atomic E-state index is 12.9. The van der Waals surface area contributed by atoms with Crippen molar-refractivity contribution < 1.29 is 14.0 Å². The summed E-state index contributed by atoms with van der Waals surface area (Å²) in [6.45, 7) is 0.403. The van der Waals surface area contributed by atoms with Gasteiger partial charge < -0.3 is 10.6 Å². The molecule has 0 aliphatic rings. The van der Waals surface area contributed by atoms with Gasteiger partial charge >= 0.3 is 0 Å². The highest BCUT2D eigenvalue weighted by Gasteiger charge is 2.11. The number of carbonyl (C=O) groups is 2. The fourth-order valence-electron chi connectivity index (χ4n) is 2.63. The Bertz CT molecular complexity index is 990. The van der Waals surface area contributed by atoms with Crippen molar-refractivity contribution in [2.45, 2.75) is 6.42 Å². The molecule has 0 heterocycles. The molecule has 0 unspecified atom stereocenters. The highest BCUT2D eigenvalue weighted by Crippen LogP contribution is 2.21. The minimum Gasteiger partial charge on any atom is -0.352 e. The Hall–Kier alpha value is -3.18. The smallest absolute Gasteiger partial charge is 0.255 e. The number of nitrogens with one attached hydrogen (secondary N) is 2. The van der Waals surface area contributed by atoms with E-state index in [1.54, 1.807) is 54.6 Å². The highest BCUT2D eigenvalue weighted by molar-refractivity contribution is 6.33. The van der Waals surface area contributed by atoms with Crippen molar-refractivity contribution in [3.8, 4) is 0 Å². The first-order chi connectivity index (χ1) is 13.5. The molecule has 28 heavy (non-hydrogen) atoms. The molecule has 2 N–H and O–H groups in total. The minimum absolute atomic E-state index is 0.283.